The van der Waals surface area contributed by atoms with Crippen LogP contribution >= 0.6 is 10.5 Å². The zero-order chi connectivity index (χ0) is 8.29. The van der Waals surface area contributed by atoms with E-state index in [0.29, 0.717) is 10.5 Å². The lowest BCUT2D eigenvalue weighted by Crippen LogP contribution is -2.17. The highest BCUT2D eigenvalue weighted by Gasteiger charge is 2.60. The van der Waals surface area contributed by atoms with Gasteiger partial charge in [-0.25, -0.2) is 0 Å². The molecule has 2 heteroatoms. The van der Waals surface area contributed by atoms with Gasteiger partial charge in [-0.3, -0.25) is 0 Å². The van der Waals surface area contributed by atoms with E-state index in [1.165, 1.54) is 18.4 Å². The van der Waals surface area contributed by atoms with E-state index in [1.807, 2.05) is 10.9 Å². The van der Waals surface area contributed by atoms with Crippen LogP contribution in [0.2, 0.25) is 0 Å². The topological polar surface area (TPSA) is 20.2 Å². The maximum atomic E-state index is 8.79. The Balaban J connectivity index is 1.95. The van der Waals surface area contributed by atoms with Gasteiger partial charge >= 0.3 is 0 Å². The molecule has 2 heterocycles. The van der Waals surface area contributed by atoms with Gasteiger partial charge in [0.15, 0.2) is 0 Å². The Bertz CT molecular complexity index is 292. The molecule has 0 aromatic carbocycles. The van der Waals surface area contributed by atoms with Crippen molar-refractivity contribution in [2.24, 2.45) is 17.8 Å². The fraction of sp³-hybridized carbons (Fsp3) is 0.700. The SMILES string of the molecule is CC1C2C3=S(CC3)[C@H](/C=C\O)C12. The van der Waals surface area contributed by atoms with Crippen molar-refractivity contribution in [3.05, 3.63) is 12.3 Å². The van der Waals surface area contributed by atoms with E-state index >= 15 is 0 Å². The molecule has 0 aromatic heterocycles. The standard InChI is InChI=1S/C10H14OS/c1-6-9-7(2-4-11)12-5-3-8(12)10(6)9/h2,4,6-7,9-11H,3,5H2,1H3/b4-2-/t6?,7-,9?,10?,12?/m1/s1. The van der Waals surface area contributed by atoms with Crippen molar-refractivity contribution in [3.8, 4) is 0 Å². The molecule has 66 valence electrons. The summed E-state index contributed by atoms with van der Waals surface area (Å²) in [5.74, 6) is 4.20. The van der Waals surface area contributed by atoms with Crippen LogP contribution in [-0.2, 0) is 0 Å². The highest BCUT2D eigenvalue weighted by molar-refractivity contribution is 8.18. The molecule has 0 radical (unpaired) electrons. The van der Waals surface area contributed by atoms with Crippen molar-refractivity contribution in [3.63, 3.8) is 0 Å². The summed E-state index contributed by atoms with van der Waals surface area (Å²) < 4.78 is 0. The summed E-state index contributed by atoms with van der Waals surface area (Å²) in [5.41, 5.74) is 0. The molecular weight excluding hydrogens is 168 g/mol. The number of aliphatic hydroxyl groups is 1. The summed E-state index contributed by atoms with van der Waals surface area (Å²) in [6, 6.07) is 0. The Morgan fingerprint density at radius 3 is 2.92 bits per heavy atom. The number of hydrogen-bond acceptors (Lipinski definition) is 1. The Hall–Kier alpha value is -0.240. The maximum Gasteiger partial charge on any atom is 0.0762 e. The van der Waals surface area contributed by atoms with E-state index in [0.717, 1.165) is 23.0 Å². The van der Waals surface area contributed by atoms with Gasteiger partial charge in [0.25, 0.3) is 0 Å². The van der Waals surface area contributed by atoms with Crippen LogP contribution in [0.3, 0.4) is 0 Å². The van der Waals surface area contributed by atoms with Crippen molar-refractivity contribution in [2.45, 2.75) is 18.6 Å². The lowest BCUT2D eigenvalue weighted by molar-refractivity contribution is 0.470. The van der Waals surface area contributed by atoms with Gasteiger partial charge in [-0.1, -0.05) is 6.92 Å². The Labute approximate surface area is 75.4 Å². The lowest BCUT2D eigenvalue weighted by Gasteiger charge is -2.26. The first-order valence-corrected chi connectivity index (χ1v) is 6.16. The first kappa shape index (κ1) is 7.19. The predicted octanol–water partition coefficient (Wildman–Crippen LogP) is 2.17. The fourth-order valence-corrected chi connectivity index (χ4v) is 6.07. The molecule has 1 N–H and O–H groups in total. The highest BCUT2D eigenvalue weighted by Crippen LogP contribution is 2.65. The van der Waals surface area contributed by atoms with Gasteiger partial charge in [-0.15, -0.1) is 0 Å². The molecule has 12 heavy (non-hydrogen) atoms. The lowest BCUT2D eigenvalue weighted by atomic mass is 10.1. The minimum absolute atomic E-state index is 0.594. The van der Waals surface area contributed by atoms with Crippen LogP contribution in [-0.4, -0.2) is 21.0 Å². The number of aliphatic hydroxyl groups excluding tert-OH is 1. The molecule has 1 nitrogen and oxygen atoms in total. The summed E-state index contributed by atoms with van der Waals surface area (Å²) in [5, 5.41) is 9.51. The Kier molecular flexibility index (Phi) is 1.30. The summed E-state index contributed by atoms with van der Waals surface area (Å²) >= 11 is 0. The molecule has 4 unspecified atom stereocenters. The number of fused-ring (bicyclic) bond motifs is 2. The smallest absolute Gasteiger partial charge is 0.0762 e. The molecule has 0 saturated heterocycles. The zero-order valence-corrected chi connectivity index (χ0v) is 8.05. The summed E-state index contributed by atoms with van der Waals surface area (Å²) in [7, 11) is 0.594. The quantitative estimate of drug-likeness (QED) is 0.487. The molecule has 0 bridgehead atoms. The molecule has 2 aliphatic heterocycles. The summed E-state index contributed by atoms with van der Waals surface area (Å²) in [4.78, 5) is 1.86. The molecule has 0 amide bonds. The van der Waals surface area contributed by atoms with E-state index in [9.17, 15) is 0 Å². The molecule has 0 aromatic rings. The van der Waals surface area contributed by atoms with Crippen LogP contribution in [0.5, 0.6) is 0 Å². The third-order valence-electron chi connectivity index (χ3n) is 3.71. The maximum absolute atomic E-state index is 8.79. The highest BCUT2D eigenvalue weighted by atomic mass is 32.2. The third kappa shape index (κ3) is 0.657. The van der Waals surface area contributed by atoms with Crippen molar-refractivity contribution < 1.29 is 5.11 Å². The largest absolute Gasteiger partial charge is 0.516 e. The van der Waals surface area contributed by atoms with Gasteiger partial charge in [-0.05, 0) is 40.9 Å². The van der Waals surface area contributed by atoms with Gasteiger partial charge in [0, 0.05) is 5.25 Å². The second-order valence-corrected chi connectivity index (χ2v) is 6.45. The first-order chi connectivity index (χ1) is 5.84. The van der Waals surface area contributed by atoms with Crippen LogP contribution in [0, 0.1) is 17.8 Å². The number of hydrogen-bond donors (Lipinski definition) is 1. The van der Waals surface area contributed by atoms with Crippen LogP contribution < -0.4 is 0 Å². The normalized spacial score (nSPS) is 55.1. The second-order valence-electron chi connectivity index (χ2n) is 4.12. The number of rotatable bonds is 1. The van der Waals surface area contributed by atoms with Gasteiger partial charge in [0.05, 0.1) is 6.26 Å². The van der Waals surface area contributed by atoms with Crippen molar-refractivity contribution >= 4 is 15.3 Å². The predicted molar refractivity (Wildman–Crippen MR) is 53.8 cm³/mol. The minimum atomic E-state index is 0.594. The van der Waals surface area contributed by atoms with E-state index in [2.05, 4.69) is 6.92 Å². The summed E-state index contributed by atoms with van der Waals surface area (Å²) in [6.45, 7) is 2.36. The molecule has 0 spiro atoms. The fourth-order valence-electron chi connectivity index (χ4n) is 2.99. The van der Waals surface area contributed by atoms with Crippen LogP contribution in [0.4, 0.5) is 0 Å². The summed E-state index contributed by atoms with van der Waals surface area (Å²) in [6.07, 6.45) is 4.70. The van der Waals surface area contributed by atoms with Gasteiger partial charge in [0.2, 0.25) is 0 Å². The first-order valence-electron chi connectivity index (χ1n) is 4.71. The molecule has 5 atom stereocenters. The Morgan fingerprint density at radius 1 is 1.58 bits per heavy atom. The zero-order valence-electron chi connectivity index (χ0n) is 7.23. The van der Waals surface area contributed by atoms with E-state index < -0.39 is 0 Å². The monoisotopic (exact) mass is 182 g/mol. The van der Waals surface area contributed by atoms with Crippen LogP contribution in [0.25, 0.3) is 0 Å². The molecule has 3 rings (SSSR count). The van der Waals surface area contributed by atoms with Crippen molar-refractivity contribution in [2.75, 3.05) is 5.75 Å². The van der Waals surface area contributed by atoms with Gasteiger partial charge < -0.3 is 5.11 Å². The van der Waals surface area contributed by atoms with E-state index in [4.69, 9.17) is 5.11 Å². The second kappa shape index (κ2) is 2.16. The van der Waals surface area contributed by atoms with Crippen LogP contribution in [0.15, 0.2) is 12.3 Å². The Morgan fingerprint density at radius 2 is 2.42 bits per heavy atom. The molecular formula is C10H14OS. The van der Waals surface area contributed by atoms with Crippen molar-refractivity contribution in [1.82, 2.24) is 0 Å². The third-order valence-corrected chi connectivity index (χ3v) is 6.63. The molecule has 1 fully saturated rings. The average Bonchev–Trinajstić information content (AvgIpc) is 2.52. The minimum Gasteiger partial charge on any atom is -0.516 e. The molecule has 1 saturated carbocycles. The molecule has 3 aliphatic rings. The van der Waals surface area contributed by atoms with Crippen molar-refractivity contribution in [1.29, 1.82) is 0 Å². The van der Waals surface area contributed by atoms with Gasteiger partial charge in [-0.2, -0.15) is 10.5 Å². The molecule has 1 aliphatic carbocycles. The van der Waals surface area contributed by atoms with E-state index in [-0.39, 0.29) is 0 Å². The average molecular weight is 182 g/mol. The van der Waals surface area contributed by atoms with Gasteiger partial charge in [0.1, 0.15) is 0 Å². The van der Waals surface area contributed by atoms with E-state index in [1.54, 1.807) is 0 Å². The van der Waals surface area contributed by atoms with Crippen LogP contribution in [0.1, 0.15) is 13.3 Å².